The molecule has 0 amide bonds. The second-order valence-corrected chi connectivity index (χ2v) is 6.70. The second-order valence-electron chi connectivity index (χ2n) is 6.70. The van der Waals surface area contributed by atoms with Crippen LogP contribution >= 0.6 is 0 Å². The highest BCUT2D eigenvalue weighted by Crippen LogP contribution is 2.59. The summed E-state index contributed by atoms with van der Waals surface area (Å²) in [5, 5.41) is 0. The SMILES string of the molecule is C/C=C\C1=C(C)N2C=CN(C)C2C(C)(CC)C1(C)CC. The van der Waals surface area contributed by atoms with E-state index in [0.29, 0.717) is 6.17 Å². The highest BCUT2D eigenvalue weighted by molar-refractivity contribution is 5.39. The fraction of sp³-hybridized carbons (Fsp3) is 0.667. The average Bonchev–Trinajstić information content (AvgIpc) is 2.83. The van der Waals surface area contributed by atoms with Crippen molar-refractivity contribution in [2.75, 3.05) is 7.05 Å². The zero-order chi connectivity index (χ0) is 15.1. The molecule has 2 heterocycles. The van der Waals surface area contributed by atoms with Gasteiger partial charge in [0.05, 0.1) is 0 Å². The Morgan fingerprint density at radius 3 is 2.35 bits per heavy atom. The molecule has 0 saturated heterocycles. The van der Waals surface area contributed by atoms with Crippen LogP contribution in [-0.4, -0.2) is 23.0 Å². The molecule has 0 aliphatic carbocycles. The molecule has 0 aromatic rings. The van der Waals surface area contributed by atoms with Gasteiger partial charge in [0, 0.05) is 36.0 Å². The molecule has 0 fully saturated rings. The van der Waals surface area contributed by atoms with Crippen LogP contribution in [0, 0.1) is 10.8 Å². The molecule has 0 saturated carbocycles. The predicted octanol–water partition coefficient (Wildman–Crippen LogP) is 4.73. The Balaban J connectivity index is 2.70. The lowest BCUT2D eigenvalue weighted by molar-refractivity contribution is -0.0496. The van der Waals surface area contributed by atoms with Crippen LogP contribution in [0.5, 0.6) is 0 Å². The first-order valence-corrected chi connectivity index (χ1v) is 7.90. The summed E-state index contributed by atoms with van der Waals surface area (Å²) in [5.74, 6) is 0. The normalized spacial score (nSPS) is 37.2. The third-order valence-electron chi connectivity index (χ3n) is 6.09. The van der Waals surface area contributed by atoms with E-state index in [9.17, 15) is 0 Å². The molecule has 2 rings (SSSR count). The molecular weight excluding hydrogens is 244 g/mol. The lowest BCUT2D eigenvalue weighted by Crippen LogP contribution is -2.59. The van der Waals surface area contributed by atoms with Crippen molar-refractivity contribution in [3.8, 4) is 0 Å². The fourth-order valence-electron chi connectivity index (χ4n) is 4.36. The highest BCUT2D eigenvalue weighted by Gasteiger charge is 2.56. The van der Waals surface area contributed by atoms with E-state index in [4.69, 9.17) is 0 Å². The topological polar surface area (TPSA) is 6.48 Å². The van der Waals surface area contributed by atoms with Gasteiger partial charge in [-0.3, -0.25) is 0 Å². The van der Waals surface area contributed by atoms with Gasteiger partial charge in [-0.25, -0.2) is 0 Å². The minimum absolute atomic E-state index is 0.208. The quantitative estimate of drug-likeness (QED) is 0.734. The van der Waals surface area contributed by atoms with E-state index in [0.717, 1.165) is 0 Å². The number of hydrogen-bond acceptors (Lipinski definition) is 2. The van der Waals surface area contributed by atoms with Crippen LogP contribution in [-0.2, 0) is 0 Å². The first-order valence-electron chi connectivity index (χ1n) is 7.90. The fourth-order valence-corrected chi connectivity index (χ4v) is 4.36. The van der Waals surface area contributed by atoms with E-state index in [2.05, 4.69) is 82.9 Å². The zero-order valence-electron chi connectivity index (χ0n) is 14.2. The van der Waals surface area contributed by atoms with Gasteiger partial charge >= 0.3 is 0 Å². The maximum absolute atomic E-state index is 2.47. The summed E-state index contributed by atoms with van der Waals surface area (Å²) in [7, 11) is 2.21. The Morgan fingerprint density at radius 2 is 1.85 bits per heavy atom. The van der Waals surface area contributed by atoms with Crippen LogP contribution in [0.3, 0.4) is 0 Å². The molecule has 2 nitrogen and oxygen atoms in total. The van der Waals surface area contributed by atoms with Gasteiger partial charge in [0.2, 0.25) is 0 Å². The molecule has 0 bridgehead atoms. The minimum atomic E-state index is 0.208. The van der Waals surface area contributed by atoms with Crippen molar-refractivity contribution in [3.63, 3.8) is 0 Å². The summed E-state index contributed by atoms with van der Waals surface area (Å²) < 4.78 is 0. The molecule has 0 radical (unpaired) electrons. The highest BCUT2D eigenvalue weighted by atomic mass is 15.4. The van der Waals surface area contributed by atoms with Gasteiger partial charge in [0.25, 0.3) is 0 Å². The largest absolute Gasteiger partial charge is 0.358 e. The van der Waals surface area contributed by atoms with Crippen molar-refractivity contribution < 1.29 is 0 Å². The van der Waals surface area contributed by atoms with Crippen molar-refractivity contribution in [2.24, 2.45) is 10.8 Å². The summed E-state index contributed by atoms with van der Waals surface area (Å²) in [6, 6.07) is 0. The van der Waals surface area contributed by atoms with E-state index < -0.39 is 0 Å². The first kappa shape index (κ1) is 15.2. The lowest BCUT2D eigenvalue weighted by Gasteiger charge is -2.59. The van der Waals surface area contributed by atoms with Crippen LogP contribution < -0.4 is 0 Å². The van der Waals surface area contributed by atoms with E-state index in [1.54, 1.807) is 0 Å². The predicted molar refractivity (Wildman–Crippen MR) is 86.8 cm³/mol. The maximum atomic E-state index is 2.47. The zero-order valence-corrected chi connectivity index (χ0v) is 14.2. The van der Waals surface area contributed by atoms with E-state index in [1.807, 2.05) is 0 Å². The van der Waals surface area contributed by atoms with Crippen LogP contribution in [0.25, 0.3) is 0 Å². The summed E-state index contributed by atoms with van der Waals surface area (Å²) >= 11 is 0. The minimum Gasteiger partial charge on any atom is -0.358 e. The summed E-state index contributed by atoms with van der Waals surface area (Å²) in [4.78, 5) is 4.85. The Hall–Kier alpha value is -1.18. The number of nitrogens with zero attached hydrogens (tertiary/aromatic N) is 2. The van der Waals surface area contributed by atoms with Gasteiger partial charge in [0.1, 0.15) is 6.17 Å². The molecule has 3 atom stereocenters. The lowest BCUT2D eigenvalue weighted by atomic mass is 9.55. The summed E-state index contributed by atoms with van der Waals surface area (Å²) in [6.45, 7) is 14.0. The molecule has 0 N–H and O–H groups in total. The number of fused-ring (bicyclic) bond motifs is 1. The molecule has 3 unspecified atom stereocenters. The van der Waals surface area contributed by atoms with Gasteiger partial charge in [-0.2, -0.15) is 0 Å². The number of rotatable bonds is 3. The van der Waals surface area contributed by atoms with E-state index in [1.165, 1.54) is 24.1 Å². The Bertz CT molecular complexity index is 474. The van der Waals surface area contributed by atoms with Crippen molar-refractivity contribution in [1.82, 2.24) is 9.80 Å². The molecule has 0 aromatic carbocycles. The van der Waals surface area contributed by atoms with Crippen molar-refractivity contribution in [1.29, 1.82) is 0 Å². The molecule has 2 aliphatic rings. The van der Waals surface area contributed by atoms with Gasteiger partial charge in [-0.05, 0) is 32.3 Å². The molecule has 2 aliphatic heterocycles. The standard InChI is InChI=1S/C18H30N2/c1-8-11-15-14(4)20-13-12-19(7)16(20)18(6,10-3)17(15,5)9-2/h8,11-13,16H,9-10H2,1-7H3/b11-8-. The first-order chi connectivity index (χ1) is 9.37. The second kappa shape index (κ2) is 4.98. The maximum Gasteiger partial charge on any atom is 0.111 e. The van der Waals surface area contributed by atoms with Crippen molar-refractivity contribution in [3.05, 3.63) is 35.8 Å². The average molecular weight is 274 g/mol. The van der Waals surface area contributed by atoms with Crippen LogP contribution in [0.4, 0.5) is 0 Å². The van der Waals surface area contributed by atoms with E-state index >= 15 is 0 Å². The molecule has 0 aromatic heterocycles. The molecule has 2 heteroatoms. The Kier molecular flexibility index (Phi) is 3.79. The molecular formula is C18H30N2. The van der Waals surface area contributed by atoms with Crippen LogP contribution in [0.15, 0.2) is 35.8 Å². The van der Waals surface area contributed by atoms with Crippen LogP contribution in [0.2, 0.25) is 0 Å². The van der Waals surface area contributed by atoms with Gasteiger partial charge < -0.3 is 9.80 Å². The summed E-state index contributed by atoms with van der Waals surface area (Å²) in [5.41, 5.74) is 3.35. The third kappa shape index (κ3) is 1.70. The van der Waals surface area contributed by atoms with Gasteiger partial charge in [-0.15, -0.1) is 0 Å². The Morgan fingerprint density at radius 1 is 1.20 bits per heavy atom. The molecule has 0 spiro atoms. The monoisotopic (exact) mass is 274 g/mol. The smallest absolute Gasteiger partial charge is 0.111 e. The van der Waals surface area contributed by atoms with Gasteiger partial charge in [-0.1, -0.05) is 39.8 Å². The van der Waals surface area contributed by atoms with Crippen molar-refractivity contribution >= 4 is 0 Å². The van der Waals surface area contributed by atoms with Crippen LogP contribution in [0.1, 0.15) is 54.4 Å². The van der Waals surface area contributed by atoms with E-state index in [-0.39, 0.29) is 10.8 Å². The number of hydrogen-bond donors (Lipinski definition) is 0. The molecule has 112 valence electrons. The summed E-state index contributed by atoms with van der Waals surface area (Å²) in [6.07, 6.45) is 11.8. The van der Waals surface area contributed by atoms with Crippen molar-refractivity contribution in [2.45, 2.75) is 60.5 Å². The molecule has 20 heavy (non-hydrogen) atoms. The number of allylic oxidation sites excluding steroid dienone is 4. The van der Waals surface area contributed by atoms with Gasteiger partial charge in [0.15, 0.2) is 0 Å². The Labute approximate surface area is 124 Å². The third-order valence-corrected chi connectivity index (χ3v) is 6.09.